The van der Waals surface area contributed by atoms with Gasteiger partial charge in [0.1, 0.15) is 17.9 Å². The van der Waals surface area contributed by atoms with E-state index in [1.807, 2.05) is 6.07 Å². The van der Waals surface area contributed by atoms with Crippen LogP contribution in [0.2, 0.25) is 0 Å². The number of carbonyl (C=O) groups is 1. The number of hydrogen-bond acceptors (Lipinski definition) is 6. The molecule has 2 atom stereocenters. The van der Waals surface area contributed by atoms with Crippen LogP contribution in [0.3, 0.4) is 0 Å². The molecule has 1 aliphatic heterocycles. The zero-order valence-electron chi connectivity index (χ0n) is 13.4. The lowest BCUT2D eigenvalue weighted by Crippen LogP contribution is -2.23. The minimum absolute atomic E-state index is 0.251. The third kappa shape index (κ3) is 3.47. The van der Waals surface area contributed by atoms with Crippen LogP contribution in [-0.2, 0) is 21.7 Å². The lowest BCUT2D eigenvalue weighted by Gasteiger charge is -2.27. The Labute approximate surface area is 142 Å². The molecule has 24 heavy (non-hydrogen) atoms. The van der Waals surface area contributed by atoms with Gasteiger partial charge >= 0.3 is 5.97 Å². The number of fused-ring (bicyclic) bond motifs is 1. The highest BCUT2D eigenvalue weighted by Crippen LogP contribution is 2.39. The second-order valence-corrected chi connectivity index (χ2v) is 6.82. The van der Waals surface area contributed by atoms with E-state index >= 15 is 0 Å². The lowest BCUT2D eigenvalue weighted by atomic mass is 10.1. The Morgan fingerprint density at radius 3 is 3.04 bits per heavy atom. The van der Waals surface area contributed by atoms with Crippen LogP contribution in [0.1, 0.15) is 27.6 Å². The third-order valence-corrected chi connectivity index (χ3v) is 4.33. The van der Waals surface area contributed by atoms with Crippen molar-refractivity contribution in [1.82, 2.24) is 4.98 Å². The number of methoxy groups -OCH3 is 1. The molecule has 3 rings (SSSR count). The molecule has 0 fully saturated rings. The van der Waals surface area contributed by atoms with E-state index in [9.17, 15) is 9.35 Å². The Kier molecular flexibility index (Phi) is 4.92. The van der Waals surface area contributed by atoms with Crippen LogP contribution in [0.15, 0.2) is 36.7 Å². The molecular formula is C17H17NO5S. The summed E-state index contributed by atoms with van der Waals surface area (Å²) in [4.78, 5) is 16.0. The summed E-state index contributed by atoms with van der Waals surface area (Å²) in [5.41, 5.74) is 2.06. The van der Waals surface area contributed by atoms with E-state index in [4.69, 9.17) is 14.2 Å². The maximum Gasteiger partial charge on any atom is 0.341 e. The highest BCUT2D eigenvalue weighted by Gasteiger charge is 2.27. The van der Waals surface area contributed by atoms with Crippen LogP contribution in [0.5, 0.6) is 11.5 Å². The Balaban J connectivity index is 1.84. The molecule has 0 amide bonds. The van der Waals surface area contributed by atoms with Gasteiger partial charge in [-0.1, -0.05) is 17.2 Å². The van der Waals surface area contributed by atoms with Crippen molar-refractivity contribution in [2.75, 3.05) is 20.0 Å². The Hall–Kier alpha value is -2.25. The lowest BCUT2D eigenvalue weighted by molar-refractivity contribution is 0.0572. The van der Waals surface area contributed by atoms with Crippen molar-refractivity contribution in [1.29, 1.82) is 0 Å². The van der Waals surface area contributed by atoms with Gasteiger partial charge in [0.05, 0.1) is 13.4 Å². The highest BCUT2D eigenvalue weighted by atomic mass is 32.2. The first kappa shape index (κ1) is 16.6. The van der Waals surface area contributed by atoms with Crippen molar-refractivity contribution in [3.05, 3.63) is 53.3 Å². The Morgan fingerprint density at radius 2 is 2.29 bits per heavy atom. The van der Waals surface area contributed by atoms with E-state index in [-0.39, 0.29) is 12.7 Å². The smallest absolute Gasteiger partial charge is 0.341 e. The molecule has 0 aliphatic carbocycles. The van der Waals surface area contributed by atoms with Gasteiger partial charge in [0.25, 0.3) is 0 Å². The molecule has 0 bridgehead atoms. The van der Waals surface area contributed by atoms with Crippen LogP contribution in [0, 0.1) is 0 Å². The van der Waals surface area contributed by atoms with E-state index in [2.05, 4.69) is 4.98 Å². The molecule has 0 saturated carbocycles. The number of ether oxygens (including phenoxy) is 3. The van der Waals surface area contributed by atoms with Crippen LogP contribution >= 0.6 is 0 Å². The molecule has 6 nitrogen and oxygen atoms in total. The fraction of sp³-hybridized carbons (Fsp3) is 0.294. The van der Waals surface area contributed by atoms with Gasteiger partial charge in [-0.2, -0.15) is 0 Å². The van der Waals surface area contributed by atoms with Crippen molar-refractivity contribution in [2.45, 2.75) is 11.9 Å². The summed E-state index contributed by atoms with van der Waals surface area (Å²) in [5.74, 6) is 0.846. The van der Waals surface area contributed by atoms with Gasteiger partial charge in [-0.3, -0.25) is 4.98 Å². The molecule has 0 saturated heterocycles. The molecule has 2 unspecified atom stereocenters. The predicted octanol–water partition coefficient (Wildman–Crippen LogP) is 2.26. The average Bonchev–Trinajstić information content (AvgIpc) is 2.59. The van der Waals surface area contributed by atoms with Crippen LogP contribution in [-0.4, -0.2) is 35.5 Å². The predicted molar refractivity (Wildman–Crippen MR) is 88.7 cm³/mol. The number of rotatable bonds is 4. The molecule has 2 heterocycles. The topological polar surface area (TPSA) is 80.7 Å². The number of pyridine rings is 1. The Morgan fingerprint density at radius 1 is 1.46 bits per heavy atom. The van der Waals surface area contributed by atoms with Gasteiger partial charge in [0, 0.05) is 23.5 Å². The summed E-state index contributed by atoms with van der Waals surface area (Å²) in [6.07, 6.45) is 4.70. The second kappa shape index (κ2) is 7.11. The van der Waals surface area contributed by atoms with Crippen molar-refractivity contribution >= 4 is 17.1 Å². The molecule has 1 aromatic heterocycles. The summed E-state index contributed by atoms with van der Waals surface area (Å²) in [6.45, 7) is 0.251. The quantitative estimate of drug-likeness (QED) is 0.623. The average molecular weight is 347 g/mol. The molecule has 2 aromatic rings. The number of nitrogens with zero attached hydrogens (tertiary/aromatic N) is 1. The second-order valence-electron chi connectivity index (χ2n) is 5.39. The number of para-hydroxylation sites is 1. The van der Waals surface area contributed by atoms with Crippen molar-refractivity contribution in [3.8, 4) is 11.5 Å². The zero-order valence-corrected chi connectivity index (χ0v) is 14.2. The van der Waals surface area contributed by atoms with Crippen LogP contribution < -0.4 is 9.47 Å². The SMILES string of the molecule is COC(=O)c1cccc2c1OCC(c1cncc(C[S+](C)[O-])c1)O2. The number of esters is 1. The molecule has 0 spiro atoms. The van der Waals surface area contributed by atoms with E-state index in [1.54, 1.807) is 36.8 Å². The Bertz CT molecular complexity index is 750. The van der Waals surface area contributed by atoms with Gasteiger partial charge in [-0.15, -0.1) is 0 Å². The third-order valence-electron chi connectivity index (χ3n) is 3.59. The van der Waals surface area contributed by atoms with Crippen molar-refractivity contribution < 1.29 is 23.6 Å². The largest absolute Gasteiger partial charge is 0.616 e. The van der Waals surface area contributed by atoms with Gasteiger partial charge in [-0.25, -0.2) is 4.79 Å². The van der Waals surface area contributed by atoms with Crippen LogP contribution in [0.4, 0.5) is 0 Å². The first-order chi connectivity index (χ1) is 11.6. The summed E-state index contributed by atoms with van der Waals surface area (Å²) in [5, 5.41) is 0. The first-order valence-corrected chi connectivity index (χ1v) is 9.06. The molecule has 1 aromatic carbocycles. The van der Waals surface area contributed by atoms with Crippen molar-refractivity contribution in [2.24, 2.45) is 0 Å². The van der Waals surface area contributed by atoms with Gasteiger partial charge in [-0.05, 0) is 18.2 Å². The number of benzene rings is 1. The highest BCUT2D eigenvalue weighted by molar-refractivity contribution is 7.89. The summed E-state index contributed by atoms with van der Waals surface area (Å²) in [6, 6.07) is 7.00. The number of carbonyl (C=O) groups excluding carboxylic acids is 1. The van der Waals surface area contributed by atoms with E-state index in [0.29, 0.717) is 22.8 Å². The fourth-order valence-electron chi connectivity index (χ4n) is 2.54. The number of hydrogen-bond donors (Lipinski definition) is 0. The molecule has 0 radical (unpaired) electrons. The zero-order chi connectivity index (χ0) is 17.1. The van der Waals surface area contributed by atoms with Crippen LogP contribution in [0.25, 0.3) is 0 Å². The van der Waals surface area contributed by atoms with Crippen molar-refractivity contribution in [3.63, 3.8) is 0 Å². The maximum atomic E-state index is 11.8. The number of aromatic nitrogens is 1. The van der Waals surface area contributed by atoms with E-state index in [0.717, 1.165) is 11.1 Å². The molecule has 1 aliphatic rings. The monoisotopic (exact) mass is 347 g/mol. The molecule has 7 heteroatoms. The first-order valence-electron chi connectivity index (χ1n) is 7.33. The molecular weight excluding hydrogens is 330 g/mol. The van der Waals surface area contributed by atoms with E-state index in [1.165, 1.54) is 7.11 Å². The molecule has 126 valence electrons. The molecule has 0 N–H and O–H groups in total. The summed E-state index contributed by atoms with van der Waals surface area (Å²) < 4.78 is 27.8. The fourth-order valence-corrected chi connectivity index (χ4v) is 3.16. The standard InChI is InChI=1S/C17H17NO5S/c1-21-17(19)13-4-3-5-14-16(13)22-9-15(23-14)12-6-11(7-18-8-12)10-24(2)20/h3-8,15H,9-10H2,1-2H3. The minimum Gasteiger partial charge on any atom is -0.616 e. The van der Waals surface area contributed by atoms with Gasteiger partial charge < -0.3 is 18.8 Å². The minimum atomic E-state index is -0.939. The van der Waals surface area contributed by atoms with Gasteiger partial charge in [0.2, 0.25) is 0 Å². The normalized spacial score (nSPS) is 17.2. The van der Waals surface area contributed by atoms with E-state index < -0.39 is 17.1 Å². The summed E-state index contributed by atoms with van der Waals surface area (Å²) in [7, 11) is 1.32. The van der Waals surface area contributed by atoms with Gasteiger partial charge in [0.15, 0.2) is 17.6 Å². The summed E-state index contributed by atoms with van der Waals surface area (Å²) >= 11 is -0.939. The maximum absolute atomic E-state index is 11.8.